The van der Waals surface area contributed by atoms with Gasteiger partial charge in [-0.25, -0.2) is 13.6 Å². The van der Waals surface area contributed by atoms with Crippen molar-refractivity contribution in [2.75, 3.05) is 17.7 Å². The molecule has 1 aromatic rings. The number of nitrogens with zero attached hydrogens (tertiary/aromatic N) is 1. The summed E-state index contributed by atoms with van der Waals surface area (Å²) in [4.78, 5) is 14.6. The number of rotatable bonds is 4. The number of urea groups is 1. The van der Waals surface area contributed by atoms with E-state index in [9.17, 15) is 13.6 Å². The minimum Gasteiger partial charge on any atom is -0.337 e. The number of hydrogen-bond acceptors (Lipinski definition) is 2. The zero-order valence-corrected chi connectivity index (χ0v) is 8.97. The van der Waals surface area contributed by atoms with Crippen LogP contribution in [0.15, 0.2) is 18.3 Å². The highest BCUT2D eigenvalue weighted by Crippen LogP contribution is 2.17. The third-order valence-electron chi connectivity index (χ3n) is 1.65. The van der Waals surface area contributed by atoms with Gasteiger partial charge in [0.2, 0.25) is 0 Å². The third-order valence-corrected chi connectivity index (χ3v) is 1.84. The lowest BCUT2D eigenvalue weighted by atomic mass is 10.3. The Kier molecular flexibility index (Phi) is 4.91. The molecule has 0 unspecified atom stereocenters. The number of carbonyl (C=O) groups is 1. The van der Waals surface area contributed by atoms with Gasteiger partial charge in [0.1, 0.15) is 5.69 Å². The van der Waals surface area contributed by atoms with Crippen LogP contribution in [0.2, 0.25) is 0 Å². The summed E-state index contributed by atoms with van der Waals surface area (Å²) in [6.07, 6.45) is -1.44. The number of alkyl halides is 3. The van der Waals surface area contributed by atoms with Crippen LogP contribution in [-0.4, -0.2) is 23.4 Å². The molecule has 88 valence electrons. The lowest BCUT2D eigenvalue weighted by Gasteiger charge is -2.06. The molecular formula is C9H10ClF2N3O. The minimum absolute atomic E-state index is 0.302. The van der Waals surface area contributed by atoms with Crippen LogP contribution in [0.1, 0.15) is 12.1 Å². The van der Waals surface area contributed by atoms with E-state index in [-0.39, 0.29) is 5.69 Å². The molecule has 1 rings (SSSR count). The molecule has 1 aromatic heterocycles. The molecule has 16 heavy (non-hydrogen) atoms. The smallest absolute Gasteiger partial charge is 0.319 e. The molecule has 7 heteroatoms. The minimum atomic E-state index is -2.61. The van der Waals surface area contributed by atoms with E-state index in [4.69, 9.17) is 11.6 Å². The SMILES string of the molecule is O=C(NCCCl)Nc1ccc(C(F)F)nc1. The fourth-order valence-corrected chi connectivity index (χ4v) is 1.04. The number of halogens is 3. The number of nitrogens with one attached hydrogen (secondary N) is 2. The van der Waals surface area contributed by atoms with Crippen LogP contribution in [0, 0.1) is 0 Å². The van der Waals surface area contributed by atoms with Crippen molar-refractivity contribution in [1.29, 1.82) is 0 Å². The fraction of sp³-hybridized carbons (Fsp3) is 0.333. The van der Waals surface area contributed by atoms with Gasteiger partial charge in [-0.2, -0.15) is 0 Å². The molecule has 0 radical (unpaired) electrons. The summed E-state index contributed by atoms with van der Waals surface area (Å²) in [6, 6.07) is 2.06. The van der Waals surface area contributed by atoms with E-state index in [1.165, 1.54) is 12.3 Å². The van der Waals surface area contributed by atoms with Crippen molar-refractivity contribution in [2.45, 2.75) is 6.43 Å². The Labute approximate surface area is 96.0 Å². The largest absolute Gasteiger partial charge is 0.337 e. The zero-order valence-electron chi connectivity index (χ0n) is 8.21. The summed E-state index contributed by atoms with van der Waals surface area (Å²) in [7, 11) is 0. The lowest BCUT2D eigenvalue weighted by molar-refractivity contribution is 0.146. The summed E-state index contributed by atoms with van der Waals surface area (Å²) in [5.41, 5.74) is 0.0168. The van der Waals surface area contributed by atoms with E-state index in [1.54, 1.807) is 0 Å². The van der Waals surface area contributed by atoms with Crippen molar-refractivity contribution < 1.29 is 13.6 Å². The van der Waals surface area contributed by atoms with Gasteiger partial charge in [-0.15, -0.1) is 11.6 Å². The summed E-state index contributed by atoms with van der Waals surface area (Å²) >= 11 is 5.37. The summed E-state index contributed by atoms with van der Waals surface area (Å²) in [5.74, 6) is 0.302. The van der Waals surface area contributed by atoms with Crippen LogP contribution < -0.4 is 10.6 Å². The van der Waals surface area contributed by atoms with Gasteiger partial charge in [0.15, 0.2) is 0 Å². The highest BCUT2D eigenvalue weighted by Gasteiger charge is 2.08. The number of carbonyl (C=O) groups excluding carboxylic acids is 1. The maximum absolute atomic E-state index is 12.2. The van der Waals surface area contributed by atoms with Crippen molar-refractivity contribution in [2.24, 2.45) is 0 Å². The molecule has 4 nitrogen and oxygen atoms in total. The maximum atomic E-state index is 12.2. The van der Waals surface area contributed by atoms with Gasteiger partial charge in [0.05, 0.1) is 11.9 Å². The van der Waals surface area contributed by atoms with Crippen molar-refractivity contribution in [3.63, 3.8) is 0 Å². The quantitative estimate of drug-likeness (QED) is 0.805. The molecule has 0 aliphatic carbocycles. The summed E-state index contributed by atoms with van der Waals surface area (Å²) in [5, 5.41) is 4.89. The molecule has 2 N–H and O–H groups in total. The fourth-order valence-electron chi connectivity index (χ4n) is 0.944. The normalized spacial score (nSPS) is 10.2. The molecular weight excluding hydrogens is 240 g/mol. The molecule has 0 atom stereocenters. The van der Waals surface area contributed by atoms with E-state index >= 15 is 0 Å². The molecule has 0 saturated heterocycles. The highest BCUT2D eigenvalue weighted by molar-refractivity contribution is 6.18. The Morgan fingerprint density at radius 3 is 2.75 bits per heavy atom. The average molecular weight is 250 g/mol. The Hall–Kier alpha value is -1.43. The first-order valence-corrected chi connectivity index (χ1v) is 5.02. The van der Waals surface area contributed by atoms with E-state index in [0.717, 1.165) is 6.07 Å². The highest BCUT2D eigenvalue weighted by atomic mass is 35.5. The van der Waals surface area contributed by atoms with E-state index in [0.29, 0.717) is 18.1 Å². The second kappa shape index (κ2) is 6.22. The van der Waals surface area contributed by atoms with Crippen LogP contribution in [0.3, 0.4) is 0 Å². The first-order valence-electron chi connectivity index (χ1n) is 4.48. The third kappa shape index (κ3) is 3.98. The van der Waals surface area contributed by atoms with Gasteiger partial charge in [0.25, 0.3) is 6.43 Å². The molecule has 2 amide bonds. The maximum Gasteiger partial charge on any atom is 0.319 e. The van der Waals surface area contributed by atoms with Crippen LogP contribution in [0.4, 0.5) is 19.3 Å². The monoisotopic (exact) mass is 249 g/mol. The molecule has 0 bridgehead atoms. The molecule has 0 aliphatic heterocycles. The predicted molar refractivity (Wildman–Crippen MR) is 56.9 cm³/mol. The zero-order chi connectivity index (χ0) is 12.0. The van der Waals surface area contributed by atoms with E-state index in [1.807, 2.05) is 0 Å². The Bertz CT molecular complexity index is 345. The molecule has 0 aromatic carbocycles. The molecule has 0 saturated carbocycles. The standard InChI is InChI=1S/C9H10ClF2N3O/c10-3-4-13-9(16)15-6-1-2-7(8(11)12)14-5-6/h1-2,5,8H,3-4H2,(H2,13,15,16). The van der Waals surface area contributed by atoms with Gasteiger partial charge in [0, 0.05) is 12.4 Å². The van der Waals surface area contributed by atoms with Crippen molar-refractivity contribution >= 4 is 23.3 Å². The molecule has 0 fully saturated rings. The van der Waals surface area contributed by atoms with Crippen LogP contribution in [0.5, 0.6) is 0 Å². The number of pyridine rings is 1. The Morgan fingerprint density at radius 1 is 1.50 bits per heavy atom. The van der Waals surface area contributed by atoms with Gasteiger partial charge in [-0.3, -0.25) is 4.98 Å². The summed E-state index contributed by atoms with van der Waals surface area (Å²) in [6.45, 7) is 0.329. The topological polar surface area (TPSA) is 54.0 Å². The Balaban J connectivity index is 2.51. The van der Waals surface area contributed by atoms with E-state index in [2.05, 4.69) is 15.6 Å². The van der Waals surface area contributed by atoms with Gasteiger partial charge in [-0.05, 0) is 12.1 Å². The first-order chi connectivity index (χ1) is 7.63. The van der Waals surface area contributed by atoms with Crippen LogP contribution in [0.25, 0.3) is 0 Å². The Morgan fingerprint density at radius 2 is 2.25 bits per heavy atom. The van der Waals surface area contributed by atoms with Crippen molar-refractivity contribution in [1.82, 2.24) is 10.3 Å². The molecule has 0 spiro atoms. The van der Waals surface area contributed by atoms with Crippen LogP contribution >= 0.6 is 11.6 Å². The van der Waals surface area contributed by atoms with Gasteiger partial charge < -0.3 is 10.6 Å². The number of hydrogen-bond donors (Lipinski definition) is 2. The number of aromatic nitrogens is 1. The molecule has 1 heterocycles. The number of amides is 2. The molecule has 0 aliphatic rings. The number of anilines is 1. The van der Waals surface area contributed by atoms with E-state index < -0.39 is 12.5 Å². The van der Waals surface area contributed by atoms with Crippen molar-refractivity contribution in [3.05, 3.63) is 24.0 Å². The second-order valence-corrected chi connectivity index (χ2v) is 3.22. The predicted octanol–water partition coefficient (Wildman–Crippen LogP) is 2.38. The second-order valence-electron chi connectivity index (χ2n) is 2.84. The van der Waals surface area contributed by atoms with Crippen LogP contribution in [-0.2, 0) is 0 Å². The average Bonchev–Trinajstić information content (AvgIpc) is 2.27. The summed E-state index contributed by atoms with van der Waals surface area (Å²) < 4.78 is 24.3. The van der Waals surface area contributed by atoms with Crippen molar-refractivity contribution in [3.8, 4) is 0 Å². The first kappa shape index (κ1) is 12.6. The van der Waals surface area contributed by atoms with Gasteiger partial charge in [-0.1, -0.05) is 0 Å². The lowest BCUT2D eigenvalue weighted by Crippen LogP contribution is -2.30. The van der Waals surface area contributed by atoms with Gasteiger partial charge >= 0.3 is 6.03 Å².